The van der Waals surface area contributed by atoms with Gasteiger partial charge in [0.25, 0.3) is 5.91 Å². The number of ether oxygens (including phenoxy) is 1. The molecule has 0 bridgehead atoms. The van der Waals surface area contributed by atoms with Gasteiger partial charge in [-0.3, -0.25) is 14.4 Å². The fourth-order valence-electron chi connectivity index (χ4n) is 1.83. The first-order valence-electron chi connectivity index (χ1n) is 7.20. The molecule has 1 aromatic rings. The Morgan fingerprint density at radius 2 is 1.92 bits per heavy atom. The number of alkyl halides is 4. The summed E-state index contributed by atoms with van der Waals surface area (Å²) >= 11 is 5.26. The average molecular weight is 381 g/mol. The largest absolute Gasteiger partial charge is 0.466 e. The molecule has 0 saturated carbocycles. The number of esters is 1. The number of amides is 2. The van der Waals surface area contributed by atoms with E-state index in [1.165, 1.54) is 0 Å². The smallest absolute Gasteiger partial charge is 0.418 e. The van der Waals surface area contributed by atoms with Gasteiger partial charge in [-0.15, -0.1) is 11.6 Å². The molecular weight excluding hydrogens is 365 g/mol. The van der Waals surface area contributed by atoms with E-state index in [1.54, 1.807) is 6.92 Å². The highest BCUT2D eigenvalue weighted by Gasteiger charge is 2.34. The fourth-order valence-corrected chi connectivity index (χ4v) is 1.89. The lowest BCUT2D eigenvalue weighted by atomic mass is 10.1. The Morgan fingerprint density at radius 3 is 2.48 bits per heavy atom. The molecule has 2 N–H and O–H groups in total. The average Bonchev–Trinajstić information content (AvgIpc) is 2.54. The van der Waals surface area contributed by atoms with Crippen molar-refractivity contribution in [2.45, 2.75) is 19.5 Å². The van der Waals surface area contributed by atoms with E-state index >= 15 is 0 Å². The third kappa shape index (κ3) is 6.61. The third-order valence-corrected chi connectivity index (χ3v) is 3.15. The molecule has 0 atom stereocenters. The molecule has 138 valence electrons. The van der Waals surface area contributed by atoms with Crippen molar-refractivity contribution >= 4 is 35.1 Å². The number of hydrogen-bond acceptors (Lipinski definition) is 4. The van der Waals surface area contributed by atoms with Gasteiger partial charge in [-0.25, -0.2) is 0 Å². The number of hydrogen-bond donors (Lipinski definition) is 2. The summed E-state index contributed by atoms with van der Waals surface area (Å²) in [5.74, 6) is -2.63. The molecule has 0 aliphatic heterocycles. The lowest BCUT2D eigenvalue weighted by Gasteiger charge is -2.15. The van der Waals surface area contributed by atoms with Crippen LogP contribution in [0.25, 0.3) is 0 Å². The molecule has 1 aromatic carbocycles. The predicted octanol–water partition coefficient (Wildman–Crippen LogP) is 2.57. The van der Waals surface area contributed by atoms with Gasteiger partial charge in [0, 0.05) is 12.1 Å². The van der Waals surface area contributed by atoms with Gasteiger partial charge in [0.05, 0.1) is 24.3 Å². The fraction of sp³-hybridized carbons (Fsp3) is 0.400. The summed E-state index contributed by atoms with van der Waals surface area (Å²) in [6.07, 6.45) is -4.88. The summed E-state index contributed by atoms with van der Waals surface area (Å²) in [7, 11) is 0. The van der Waals surface area contributed by atoms with E-state index in [4.69, 9.17) is 11.6 Å². The number of anilines is 1. The second-order valence-corrected chi connectivity index (χ2v) is 5.02. The second-order valence-electron chi connectivity index (χ2n) is 4.75. The van der Waals surface area contributed by atoms with Gasteiger partial charge in [0.1, 0.15) is 5.88 Å². The van der Waals surface area contributed by atoms with Crippen molar-refractivity contribution < 1.29 is 32.3 Å². The minimum Gasteiger partial charge on any atom is -0.466 e. The van der Waals surface area contributed by atoms with Crippen LogP contribution in [-0.4, -0.2) is 36.8 Å². The molecule has 0 saturated heterocycles. The molecule has 0 aromatic heterocycles. The monoisotopic (exact) mass is 380 g/mol. The molecule has 0 unspecified atom stereocenters. The summed E-state index contributed by atoms with van der Waals surface area (Å²) in [4.78, 5) is 34.3. The zero-order valence-electron chi connectivity index (χ0n) is 13.2. The highest BCUT2D eigenvalue weighted by Crippen LogP contribution is 2.35. The van der Waals surface area contributed by atoms with Crippen molar-refractivity contribution in [2.75, 3.05) is 24.3 Å². The standard InChI is InChI=1S/C15H16ClF3N2O4/c1-2-25-13(23)5-6-20-14(24)9-3-4-11(21-12(22)8-16)10(7-9)15(17,18)19/h3-4,7H,2,5-6,8H2,1H3,(H,20,24)(H,21,22). The first-order valence-corrected chi connectivity index (χ1v) is 7.73. The van der Waals surface area contributed by atoms with E-state index in [9.17, 15) is 27.6 Å². The van der Waals surface area contributed by atoms with Gasteiger partial charge >= 0.3 is 12.1 Å². The number of carbonyl (C=O) groups is 3. The summed E-state index contributed by atoms with van der Waals surface area (Å²) in [5, 5.41) is 4.34. The number of nitrogens with one attached hydrogen (secondary N) is 2. The normalized spacial score (nSPS) is 10.9. The molecule has 10 heteroatoms. The Morgan fingerprint density at radius 1 is 1.24 bits per heavy atom. The highest BCUT2D eigenvalue weighted by molar-refractivity contribution is 6.29. The number of rotatable bonds is 7. The number of halogens is 4. The van der Waals surface area contributed by atoms with E-state index in [0.29, 0.717) is 6.07 Å². The maximum atomic E-state index is 13.1. The third-order valence-electron chi connectivity index (χ3n) is 2.90. The van der Waals surface area contributed by atoms with Gasteiger partial charge in [0.2, 0.25) is 5.91 Å². The Bertz CT molecular complexity index is 650. The van der Waals surface area contributed by atoms with Gasteiger partial charge in [-0.1, -0.05) is 0 Å². The van der Waals surface area contributed by atoms with Crippen LogP contribution in [0, 0.1) is 0 Å². The topological polar surface area (TPSA) is 84.5 Å². The minimum absolute atomic E-state index is 0.0796. The van der Waals surface area contributed by atoms with E-state index in [1.807, 2.05) is 5.32 Å². The maximum Gasteiger partial charge on any atom is 0.418 e. The lowest BCUT2D eigenvalue weighted by molar-refractivity contribution is -0.143. The molecule has 0 spiro atoms. The van der Waals surface area contributed by atoms with Crippen LogP contribution in [0.5, 0.6) is 0 Å². The summed E-state index contributed by atoms with van der Waals surface area (Å²) < 4.78 is 44.0. The molecule has 2 amide bonds. The van der Waals surface area contributed by atoms with Crippen molar-refractivity contribution in [3.8, 4) is 0 Å². The molecule has 0 radical (unpaired) electrons. The van der Waals surface area contributed by atoms with Crippen LogP contribution in [0.2, 0.25) is 0 Å². The van der Waals surface area contributed by atoms with E-state index in [0.717, 1.165) is 12.1 Å². The van der Waals surface area contributed by atoms with E-state index in [2.05, 4.69) is 10.1 Å². The number of benzene rings is 1. The van der Waals surface area contributed by atoms with Crippen LogP contribution in [-0.2, 0) is 20.5 Å². The SMILES string of the molecule is CCOC(=O)CCNC(=O)c1ccc(NC(=O)CCl)c(C(F)(F)F)c1. The lowest BCUT2D eigenvalue weighted by Crippen LogP contribution is -2.27. The van der Waals surface area contributed by atoms with E-state index < -0.39 is 41.1 Å². The Kier molecular flexibility index (Phi) is 7.69. The van der Waals surface area contributed by atoms with Crippen LogP contribution in [0.15, 0.2) is 18.2 Å². The highest BCUT2D eigenvalue weighted by atomic mass is 35.5. The maximum absolute atomic E-state index is 13.1. The first kappa shape index (κ1) is 20.8. The van der Waals surface area contributed by atoms with Gasteiger partial charge in [0.15, 0.2) is 0 Å². The molecule has 0 aliphatic rings. The van der Waals surface area contributed by atoms with Crippen molar-refractivity contribution in [3.05, 3.63) is 29.3 Å². The van der Waals surface area contributed by atoms with Gasteiger partial charge in [-0.05, 0) is 25.1 Å². The van der Waals surface area contributed by atoms with Crippen LogP contribution in [0.3, 0.4) is 0 Å². The van der Waals surface area contributed by atoms with Crippen LogP contribution in [0.4, 0.5) is 18.9 Å². The quantitative estimate of drug-likeness (QED) is 0.562. The van der Waals surface area contributed by atoms with Gasteiger partial charge in [-0.2, -0.15) is 13.2 Å². The van der Waals surface area contributed by atoms with Crippen molar-refractivity contribution in [2.24, 2.45) is 0 Å². The summed E-state index contributed by atoms with van der Waals surface area (Å²) in [6, 6.07) is 2.70. The van der Waals surface area contributed by atoms with Crippen LogP contribution in [0.1, 0.15) is 29.3 Å². The zero-order chi connectivity index (χ0) is 19.0. The van der Waals surface area contributed by atoms with Crippen LogP contribution < -0.4 is 10.6 Å². The van der Waals surface area contributed by atoms with Crippen LogP contribution >= 0.6 is 11.6 Å². The summed E-state index contributed by atoms with van der Waals surface area (Å²) in [5.41, 5.74) is -1.94. The van der Waals surface area contributed by atoms with Crippen molar-refractivity contribution in [1.29, 1.82) is 0 Å². The second kappa shape index (κ2) is 9.26. The molecular formula is C15H16ClF3N2O4. The van der Waals surface area contributed by atoms with Crippen molar-refractivity contribution in [1.82, 2.24) is 5.32 Å². The molecule has 0 heterocycles. The first-order chi connectivity index (χ1) is 11.7. The summed E-state index contributed by atoms with van der Waals surface area (Å²) in [6.45, 7) is 1.74. The number of carbonyl (C=O) groups excluding carboxylic acids is 3. The Hall–Kier alpha value is -2.29. The van der Waals surface area contributed by atoms with Gasteiger partial charge < -0.3 is 15.4 Å². The van der Waals surface area contributed by atoms with Crippen molar-refractivity contribution in [3.63, 3.8) is 0 Å². The predicted molar refractivity (Wildman–Crippen MR) is 84.4 cm³/mol. The molecule has 0 fully saturated rings. The Labute approximate surface area is 146 Å². The minimum atomic E-state index is -4.78. The molecule has 0 aliphatic carbocycles. The molecule has 25 heavy (non-hydrogen) atoms. The zero-order valence-corrected chi connectivity index (χ0v) is 14.0. The Balaban J connectivity index is 2.88. The molecule has 6 nitrogen and oxygen atoms in total. The van der Waals surface area contributed by atoms with E-state index in [-0.39, 0.29) is 25.1 Å². The molecule has 1 rings (SSSR count).